The lowest BCUT2D eigenvalue weighted by Crippen LogP contribution is -2.50. The van der Waals surface area contributed by atoms with Gasteiger partial charge in [-0.25, -0.2) is 23.1 Å². The molecule has 5 fully saturated rings. The minimum absolute atomic E-state index is 0.0218. The molecule has 1 saturated carbocycles. The molecule has 3 N–H and O–H groups in total. The average molecular weight is 856 g/mol. The van der Waals surface area contributed by atoms with E-state index in [1.54, 1.807) is 23.0 Å². The molecule has 4 aromatic rings. The number of carbonyl (C=O) groups excluding carboxylic acids is 4. The first kappa shape index (κ1) is 41.8. The topological polar surface area (TPSA) is 174 Å². The van der Waals surface area contributed by atoms with Gasteiger partial charge in [0.15, 0.2) is 11.3 Å². The molecule has 16 nitrogen and oxygen atoms in total. The van der Waals surface area contributed by atoms with Gasteiger partial charge in [0.2, 0.25) is 5.91 Å². The van der Waals surface area contributed by atoms with Crippen LogP contribution in [0, 0.1) is 18.3 Å². The quantitative estimate of drug-likeness (QED) is 0.193. The average Bonchev–Trinajstić information content (AvgIpc) is 3.90. The molecule has 0 bridgehead atoms. The molecular weight excluding hydrogens is 801 g/mol. The Morgan fingerprint density at radius 3 is 2.47 bits per heavy atom. The second-order valence-corrected chi connectivity index (χ2v) is 18.0. The zero-order chi connectivity index (χ0) is 43.1. The number of carbonyl (C=O) groups is 4. The van der Waals surface area contributed by atoms with Gasteiger partial charge in [-0.15, -0.1) is 0 Å². The van der Waals surface area contributed by atoms with Gasteiger partial charge in [-0.1, -0.05) is 6.07 Å². The number of fused-ring (bicyclic) bond motifs is 1. The van der Waals surface area contributed by atoms with Gasteiger partial charge in [-0.05, 0) is 119 Å². The van der Waals surface area contributed by atoms with Crippen LogP contribution in [-0.2, 0) is 4.79 Å². The number of likely N-dealkylation sites (tertiary alicyclic amines) is 2. The molecule has 4 saturated heterocycles. The van der Waals surface area contributed by atoms with Gasteiger partial charge in [0.25, 0.3) is 18.2 Å². The standard InChI is InChI=1S/C44H55F2N11O5/c1-28-4-7-30(23-35(28)55-17-11-37(59)50-43(55)62)42(61)53-21-14-44(15-22-53)12-19-52(20-13-44)25-29-5-8-31(9-6-29)57-27-34(38(51-57)39(45)46)48-41(60)33-24-47-56-18-10-36(49-40(33)56)54-16-2-3-32(58)26-54/h4,7,10,18,23-24,27,29,31-32,39,58H,2-3,5-6,8-9,11-17,19-22,25-26H2,1H3,(H,48,60)(H,50,59,62)/t29?,31?,32-/m0/s1. The van der Waals surface area contributed by atoms with Crippen molar-refractivity contribution in [3.05, 3.63) is 65.2 Å². The van der Waals surface area contributed by atoms with Crippen LogP contribution in [0.5, 0.6) is 0 Å². The summed E-state index contributed by atoms with van der Waals surface area (Å²) in [6.07, 6.45) is 10.7. The summed E-state index contributed by atoms with van der Waals surface area (Å²) in [7, 11) is 0. The number of amides is 5. The van der Waals surface area contributed by atoms with Crippen molar-refractivity contribution in [2.45, 2.75) is 96.1 Å². The third-order valence-electron chi connectivity index (χ3n) is 14.1. The van der Waals surface area contributed by atoms with Crippen molar-refractivity contribution < 1.29 is 33.1 Å². The highest BCUT2D eigenvalue weighted by atomic mass is 19.3. The maximum absolute atomic E-state index is 14.3. The van der Waals surface area contributed by atoms with Crippen LogP contribution in [0.1, 0.15) is 115 Å². The number of nitrogens with one attached hydrogen (secondary N) is 2. The van der Waals surface area contributed by atoms with E-state index in [9.17, 15) is 33.1 Å². The maximum atomic E-state index is 14.3. The van der Waals surface area contributed by atoms with E-state index in [2.05, 4.69) is 30.7 Å². The molecule has 5 aliphatic rings. The fraction of sp³-hybridized carbons (Fsp3) is 0.568. The van der Waals surface area contributed by atoms with Gasteiger partial charge in [-0.2, -0.15) is 10.2 Å². The Morgan fingerprint density at radius 1 is 0.984 bits per heavy atom. The number of halogens is 2. The van der Waals surface area contributed by atoms with Gasteiger partial charge in [0.05, 0.1) is 24.0 Å². The van der Waals surface area contributed by atoms with Crippen LogP contribution in [0.4, 0.5) is 30.8 Å². The van der Waals surface area contributed by atoms with E-state index >= 15 is 0 Å². The Labute approximate surface area is 358 Å². The van der Waals surface area contributed by atoms with E-state index in [4.69, 9.17) is 0 Å². The Kier molecular flexibility index (Phi) is 11.7. The largest absolute Gasteiger partial charge is 0.391 e. The van der Waals surface area contributed by atoms with E-state index in [0.29, 0.717) is 48.3 Å². The zero-order valence-corrected chi connectivity index (χ0v) is 35.1. The predicted molar refractivity (Wildman–Crippen MR) is 226 cm³/mol. The Balaban J connectivity index is 0.751. The summed E-state index contributed by atoms with van der Waals surface area (Å²) in [5, 5.41) is 23.7. The number of nitrogens with zero attached hydrogens (tertiary/aromatic N) is 9. The molecule has 18 heteroatoms. The van der Waals surface area contributed by atoms with Crippen molar-refractivity contribution in [3.8, 4) is 0 Å². The smallest absolute Gasteiger partial charge is 0.328 e. The Morgan fingerprint density at radius 2 is 1.74 bits per heavy atom. The number of alkyl halides is 2. The minimum Gasteiger partial charge on any atom is -0.391 e. The van der Waals surface area contributed by atoms with Gasteiger partial charge < -0.3 is 25.1 Å². The van der Waals surface area contributed by atoms with Crippen molar-refractivity contribution >= 4 is 46.6 Å². The summed E-state index contributed by atoms with van der Waals surface area (Å²) in [5.74, 6) is 0.190. The maximum Gasteiger partial charge on any atom is 0.328 e. The van der Waals surface area contributed by atoms with E-state index in [-0.39, 0.29) is 47.5 Å². The molecule has 0 radical (unpaired) electrons. The second-order valence-electron chi connectivity index (χ2n) is 18.0. The number of benzene rings is 1. The number of hydrogen-bond donors (Lipinski definition) is 3. The molecule has 1 atom stereocenters. The third kappa shape index (κ3) is 8.63. The van der Waals surface area contributed by atoms with Crippen LogP contribution >= 0.6 is 0 Å². The summed E-state index contributed by atoms with van der Waals surface area (Å²) in [5.41, 5.74) is 2.26. The third-order valence-corrected chi connectivity index (χ3v) is 14.1. The number of aliphatic hydroxyl groups excluding tert-OH is 1. The van der Waals surface area contributed by atoms with Crippen molar-refractivity contribution in [2.24, 2.45) is 11.3 Å². The number of β-amino-alcohol motifs (C(OH)–C–C–N with tert-alkyl or cyclic N) is 1. The van der Waals surface area contributed by atoms with Crippen LogP contribution in [-0.4, -0.2) is 121 Å². The summed E-state index contributed by atoms with van der Waals surface area (Å²) in [6, 6.07) is 6.73. The fourth-order valence-corrected chi connectivity index (χ4v) is 10.3. The fourth-order valence-electron chi connectivity index (χ4n) is 10.3. The number of rotatable bonds is 9. The number of piperidine rings is 3. The van der Waals surface area contributed by atoms with Crippen molar-refractivity contribution in [1.82, 2.24) is 39.5 Å². The second kappa shape index (κ2) is 17.3. The Hall–Kier alpha value is -5.49. The van der Waals surface area contributed by atoms with Gasteiger partial charge in [0, 0.05) is 69.3 Å². The molecule has 1 aromatic carbocycles. The normalized spacial score (nSPS) is 23.6. The molecule has 5 amide bonds. The summed E-state index contributed by atoms with van der Waals surface area (Å²) >= 11 is 0. The van der Waals surface area contributed by atoms with Gasteiger partial charge in [-0.3, -0.25) is 29.3 Å². The van der Waals surface area contributed by atoms with Crippen LogP contribution in [0.2, 0.25) is 0 Å². The molecule has 0 unspecified atom stereocenters. The number of hydrogen-bond acceptors (Lipinski definition) is 10. The monoisotopic (exact) mass is 855 g/mol. The highest BCUT2D eigenvalue weighted by molar-refractivity contribution is 6.08. The van der Waals surface area contributed by atoms with Gasteiger partial charge in [0.1, 0.15) is 11.4 Å². The molecule has 3 aromatic heterocycles. The molecule has 7 heterocycles. The summed E-state index contributed by atoms with van der Waals surface area (Å²) in [4.78, 5) is 64.0. The SMILES string of the molecule is Cc1ccc(C(=O)N2CCC3(CCN(CC4CCC(n5cc(NC(=O)c6cnn7ccc(N8CCC[C@H](O)C8)nc67)c(C(F)F)n5)CC4)CC3)CC2)cc1N1CCC(=O)NC1=O. The lowest BCUT2D eigenvalue weighted by Gasteiger charge is -2.47. The van der Waals surface area contributed by atoms with Crippen molar-refractivity contribution in [3.63, 3.8) is 0 Å². The van der Waals surface area contributed by atoms with E-state index < -0.39 is 30.2 Å². The zero-order valence-electron chi connectivity index (χ0n) is 35.1. The summed E-state index contributed by atoms with van der Waals surface area (Å²) in [6.45, 7) is 7.77. The number of urea groups is 1. The van der Waals surface area contributed by atoms with Crippen molar-refractivity contribution in [2.75, 3.05) is 67.5 Å². The minimum atomic E-state index is -2.87. The lowest BCUT2D eigenvalue weighted by molar-refractivity contribution is -0.120. The number of aryl methyl sites for hydroxylation is 1. The van der Waals surface area contributed by atoms with E-state index in [1.807, 2.05) is 28.9 Å². The highest BCUT2D eigenvalue weighted by Gasteiger charge is 2.40. The van der Waals surface area contributed by atoms with Crippen LogP contribution in [0.15, 0.2) is 42.9 Å². The van der Waals surface area contributed by atoms with Crippen molar-refractivity contribution in [1.29, 1.82) is 0 Å². The highest BCUT2D eigenvalue weighted by Crippen LogP contribution is 2.43. The number of anilines is 3. The number of aliphatic hydroxyl groups is 1. The first-order valence-electron chi connectivity index (χ1n) is 22.1. The molecule has 4 aliphatic heterocycles. The number of imide groups is 1. The van der Waals surface area contributed by atoms with E-state index in [0.717, 1.165) is 96.0 Å². The number of aromatic nitrogens is 5. The Bertz CT molecular complexity index is 2320. The molecule has 1 aliphatic carbocycles. The molecule has 9 rings (SSSR count). The summed E-state index contributed by atoms with van der Waals surface area (Å²) < 4.78 is 31.7. The van der Waals surface area contributed by atoms with Crippen LogP contribution < -0.4 is 20.4 Å². The first-order valence-corrected chi connectivity index (χ1v) is 22.1. The van der Waals surface area contributed by atoms with E-state index in [1.165, 1.54) is 21.8 Å². The predicted octanol–water partition coefficient (Wildman–Crippen LogP) is 5.58. The van der Waals surface area contributed by atoms with Crippen LogP contribution in [0.3, 0.4) is 0 Å². The lowest BCUT2D eigenvalue weighted by atomic mass is 9.71. The molecule has 1 spiro atoms. The molecule has 330 valence electrons. The molecular formula is C44H55F2N11O5. The van der Waals surface area contributed by atoms with Crippen LogP contribution in [0.25, 0.3) is 5.65 Å². The van der Waals surface area contributed by atoms with Gasteiger partial charge >= 0.3 is 6.03 Å². The molecule has 62 heavy (non-hydrogen) atoms. The first-order chi connectivity index (χ1) is 29.9.